The van der Waals surface area contributed by atoms with Gasteiger partial charge in [0, 0.05) is 19.6 Å². The number of carboxylic acid groups (broad SMARTS) is 1. The van der Waals surface area contributed by atoms with Crippen LogP contribution in [0.25, 0.3) is 0 Å². The van der Waals surface area contributed by atoms with Gasteiger partial charge in [-0.25, -0.2) is 4.79 Å². The number of carbonyl (C=O) groups is 2. The Morgan fingerprint density at radius 1 is 1.25 bits per heavy atom. The minimum atomic E-state index is -0.941. The molecule has 2 aromatic carbocycles. The molecule has 0 aliphatic carbocycles. The Hall–Kier alpha value is -2.66. The van der Waals surface area contributed by atoms with E-state index >= 15 is 0 Å². The quantitative estimate of drug-likeness (QED) is 0.906. The van der Waals surface area contributed by atoms with Crippen molar-refractivity contribution in [2.45, 2.75) is 19.5 Å². The molecule has 1 saturated heterocycles. The van der Waals surface area contributed by atoms with E-state index in [1.807, 2.05) is 37.3 Å². The summed E-state index contributed by atoms with van der Waals surface area (Å²) in [5.41, 5.74) is 3.22. The van der Waals surface area contributed by atoms with E-state index in [2.05, 4.69) is 10.2 Å². The fourth-order valence-electron chi connectivity index (χ4n) is 3.15. The third-order valence-corrected chi connectivity index (χ3v) is 4.35. The first-order chi connectivity index (χ1) is 11.6. The number of rotatable bonds is 4. The maximum atomic E-state index is 12.5. The molecule has 124 valence electrons. The summed E-state index contributed by atoms with van der Waals surface area (Å²) < 4.78 is 0. The van der Waals surface area contributed by atoms with Gasteiger partial charge in [0.2, 0.25) is 5.91 Å². The van der Waals surface area contributed by atoms with Gasteiger partial charge < -0.3 is 10.4 Å². The van der Waals surface area contributed by atoms with Gasteiger partial charge in [0.1, 0.15) is 6.04 Å². The minimum absolute atomic E-state index is 0.00932. The lowest BCUT2D eigenvalue weighted by Gasteiger charge is -2.36. The lowest BCUT2D eigenvalue weighted by atomic mass is 9.97. The van der Waals surface area contributed by atoms with Crippen molar-refractivity contribution in [3.05, 3.63) is 70.8 Å². The van der Waals surface area contributed by atoms with Crippen molar-refractivity contribution in [1.82, 2.24) is 10.2 Å². The molecule has 0 radical (unpaired) electrons. The molecule has 24 heavy (non-hydrogen) atoms. The lowest BCUT2D eigenvalue weighted by Crippen LogP contribution is -2.49. The Kier molecular flexibility index (Phi) is 4.62. The minimum Gasteiger partial charge on any atom is -0.478 e. The average molecular weight is 324 g/mol. The molecule has 2 aromatic rings. The van der Waals surface area contributed by atoms with E-state index in [1.165, 1.54) is 0 Å². The van der Waals surface area contributed by atoms with Crippen LogP contribution in [-0.4, -0.2) is 35.0 Å². The van der Waals surface area contributed by atoms with Gasteiger partial charge in [-0.15, -0.1) is 0 Å². The van der Waals surface area contributed by atoms with Gasteiger partial charge in [-0.3, -0.25) is 9.69 Å². The molecule has 0 spiro atoms. The molecule has 1 aliphatic heterocycles. The third-order valence-electron chi connectivity index (χ3n) is 4.35. The Bertz CT molecular complexity index is 773. The standard InChI is InChI=1S/C19H20N2O3/c1-13-5-2-3-8-16(13)17-18(22)20-9-10-21(17)12-14-6-4-7-15(11-14)19(23)24/h2-8,11,17H,9-10,12H2,1H3,(H,20,22)(H,23,24). The van der Waals surface area contributed by atoms with E-state index in [4.69, 9.17) is 5.11 Å². The molecule has 5 heteroatoms. The van der Waals surface area contributed by atoms with Crippen LogP contribution in [0.1, 0.15) is 33.1 Å². The van der Waals surface area contributed by atoms with E-state index < -0.39 is 5.97 Å². The number of nitrogens with zero attached hydrogens (tertiary/aromatic N) is 1. The largest absolute Gasteiger partial charge is 0.478 e. The number of carboxylic acids is 1. The predicted molar refractivity (Wildman–Crippen MR) is 90.7 cm³/mol. The summed E-state index contributed by atoms with van der Waals surface area (Å²) in [5, 5.41) is 12.1. The van der Waals surface area contributed by atoms with E-state index in [-0.39, 0.29) is 17.5 Å². The Labute approximate surface area is 140 Å². The van der Waals surface area contributed by atoms with Crippen molar-refractivity contribution in [3.63, 3.8) is 0 Å². The van der Waals surface area contributed by atoms with Crippen LogP contribution in [0.4, 0.5) is 0 Å². The summed E-state index contributed by atoms with van der Waals surface area (Å²) in [4.78, 5) is 25.7. The molecule has 1 fully saturated rings. The SMILES string of the molecule is Cc1ccccc1C1C(=O)NCCN1Cc1cccc(C(=O)O)c1. The molecule has 1 atom stereocenters. The summed E-state index contributed by atoms with van der Waals surface area (Å²) >= 11 is 0. The predicted octanol–water partition coefficient (Wildman–Crippen LogP) is 2.37. The van der Waals surface area contributed by atoms with Crippen molar-refractivity contribution >= 4 is 11.9 Å². The molecule has 1 amide bonds. The van der Waals surface area contributed by atoms with Crippen LogP contribution in [0.3, 0.4) is 0 Å². The van der Waals surface area contributed by atoms with Gasteiger partial charge in [0.15, 0.2) is 0 Å². The second-order valence-corrected chi connectivity index (χ2v) is 6.03. The second-order valence-electron chi connectivity index (χ2n) is 6.03. The summed E-state index contributed by atoms with van der Waals surface area (Å²) in [7, 11) is 0. The highest BCUT2D eigenvalue weighted by Crippen LogP contribution is 2.27. The molecule has 2 N–H and O–H groups in total. The summed E-state index contributed by atoms with van der Waals surface area (Å²) in [5.74, 6) is -0.950. The monoisotopic (exact) mass is 324 g/mol. The van der Waals surface area contributed by atoms with E-state index in [0.29, 0.717) is 13.1 Å². The molecule has 5 nitrogen and oxygen atoms in total. The number of piperazine rings is 1. The maximum Gasteiger partial charge on any atom is 0.335 e. The summed E-state index contributed by atoms with van der Waals surface area (Å²) in [6.07, 6.45) is 0. The lowest BCUT2D eigenvalue weighted by molar-refractivity contribution is -0.129. The van der Waals surface area contributed by atoms with Crippen LogP contribution in [0, 0.1) is 6.92 Å². The first kappa shape index (κ1) is 16.2. The van der Waals surface area contributed by atoms with E-state index in [9.17, 15) is 9.59 Å². The van der Waals surface area contributed by atoms with Crippen molar-refractivity contribution in [3.8, 4) is 0 Å². The van der Waals surface area contributed by atoms with E-state index in [0.717, 1.165) is 23.2 Å². The molecule has 0 aromatic heterocycles. The van der Waals surface area contributed by atoms with Crippen LogP contribution in [0.2, 0.25) is 0 Å². The Morgan fingerprint density at radius 3 is 2.79 bits per heavy atom. The summed E-state index contributed by atoms with van der Waals surface area (Å²) in [6.45, 7) is 3.86. The van der Waals surface area contributed by atoms with Crippen molar-refractivity contribution < 1.29 is 14.7 Å². The second kappa shape index (κ2) is 6.84. The number of aryl methyl sites for hydroxylation is 1. The van der Waals surface area contributed by atoms with Crippen LogP contribution in [-0.2, 0) is 11.3 Å². The zero-order valence-electron chi connectivity index (χ0n) is 13.5. The number of amides is 1. The van der Waals surface area contributed by atoms with Crippen molar-refractivity contribution in [2.24, 2.45) is 0 Å². The summed E-state index contributed by atoms with van der Waals surface area (Å²) in [6, 6.07) is 14.4. The highest BCUT2D eigenvalue weighted by Gasteiger charge is 2.31. The number of nitrogens with one attached hydrogen (secondary N) is 1. The average Bonchev–Trinajstić information content (AvgIpc) is 2.56. The number of aromatic carboxylic acids is 1. The molecule has 0 saturated carbocycles. The maximum absolute atomic E-state index is 12.5. The number of carbonyl (C=O) groups excluding carboxylic acids is 1. The fraction of sp³-hybridized carbons (Fsp3) is 0.263. The molecule has 1 unspecified atom stereocenters. The van der Waals surface area contributed by atoms with Gasteiger partial charge >= 0.3 is 5.97 Å². The molecular weight excluding hydrogens is 304 g/mol. The first-order valence-corrected chi connectivity index (χ1v) is 7.96. The smallest absolute Gasteiger partial charge is 0.335 e. The normalized spacial score (nSPS) is 18.2. The zero-order valence-corrected chi connectivity index (χ0v) is 13.5. The topological polar surface area (TPSA) is 69.6 Å². The fourth-order valence-corrected chi connectivity index (χ4v) is 3.15. The number of hydrogen-bond acceptors (Lipinski definition) is 3. The van der Waals surface area contributed by atoms with Crippen molar-refractivity contribution in [2.75, 3.05) is 13.1 Å². The highest BCUT2D eigenvalue weighted by atomic mass is 16.4. The molecular formula is C19H20N2O3. The van der Waals surface area contributed by atoms with Crippen molar-refractivity contribution in [1.29, 1.82) is 0 Å². The van der Waals surface area contributed by atoms with Crippen LogP contribution >= 0.6 is 0 Å². The first-order valence-electron chi connectivity index (χ1n) is 7.96. The van der Waals surface area contributed by atoms with Crippen LogP contribution < -0.4 is 5.32 Å². The molecule has 3 rings (SSSR count). The van der Waals surface area contributed by atoms with Gasteiger partial charge in [0.25, 0.3) is 0 Å². The number of benzene rings is 2. The van der Waals surface area contributed by atoms with E-state index in [1.54, 1.807) is 18.2 Å². The zero-order chi connectivity index (χ0) is 17.1. The third kappa shape index (κ3) is 3.31. The Morgan fingerprint density at radius 2 is 2.04 bits per heavy atom. The van der Waals surface area contributed by atoms with Gasteiger partial charge in [0.05, 0.1) is 5.56 Å². The van der Waals surface area contributed by atoms with Gasteiger partial charge in [-0.2, -0.15) is 0 Å². The highest BCUT2D eigenvalue weighted by molar-refractivity contribution is 5.87. The van der Waals surface area contributed by atoms with Gasteiger partial charge in [-0.05, 0) is 35.7 Å². The van der Waals surface area contributed by atoms with Crippen LogP contribution in [0.5, 0.6) is 0 Å². The Balaban J connectivity index is 1.90. The van der Waals surface area contributed by atoms with Gasteiger partial charge in [-0.1, -0.05) is 36.4 Å². The van der Waals surface area contributed by atoms with Crippen LogP contribution in [0.15, 0.2) is 48.5 Å². The number of hydrogen-bond donors (Lipinski definition) is 2. The molecule has 1 heterocycles. The molecule has 0 bridgehead atoms. The molecule has 1 aliphatic rings.